The number of fused-ring (bicyclic) bond motifs is 2. The van der Waals surface area contributed by atoms with Gasteiger partial charge in [0.1, 0.15) is 18.1 Å². The fraction of sp³-hybridized carbons (Fsp3) is 0.464. The molecule has 2 aromatic carbocycles. The summed E-state index contributed by atoms with van der Waals surface area (Å²) in [5, 5.41) is 17.2. The minimum atomic E-state index is -1.49. The molecule has 0 radical (unpaired) electrons. The third-order valence-corrected chi connectivity index (χ3v) is 7.78. The van der Waals surface area contributed by atoms with E-state index in [2.05, 4.69) is 10.6 Å². The van der Waals surface area contributed by atoms with Gasteiger partial charge in [-0.1, -0.05) is 49.2 Å². The fourth-order valence-electron chi connectivity index (χ4n) is 5.77. The highest BCUT2D eigenvalue weighted by Gasteiger charge is 2.46. The molecule has 39 heavy (non-hydrogen) atoms. The van der Waals surface area contributed by atoms with Crippen LogP contribution in [-0.4, -0.2) is 88.1 Å². The van der Waals surface area contributed by atoms with E-state index in [9.17, 15) is 29.1 Å². The van der Waals surface area contributed by atoms with Gasteiger partial charge in [0.2, 0.25) is 24.0 Å². The van der Waals surface area contributed by atoms with Crippen LogP contribution in [0.3, 0.4) is 0 Å². The van der Waals surface area contributed by atoms with E-state index < -0.39 is 48.2 Å². The molecule has 0 saturated carbocycles. The van der Waals surface area contributed by atoms with Crippen molar-refractivity contribution in [1.82, 2.24) is 20.4 Å². The number of rotatable bonds is 4. The molecule has 0 aliphatic carbocycles. The number of hydrogen-bond donors (Lipinski definition) is 3. The number of cyclic esters (lactones) is 1. The van der Waals surface area contributed by atoms with Crippen LogP contribution in [0, 0.1) is 0 Å². The minimum Gasteiger partial charge on any atom is -0.434 e. The predicted octanol–water partition coefficient (Wildman–Crippen LogP) is 0.690. The van der Waals surface area contributed by atoms with Gasteiger partial charge in [-0.15, -0.1) is 0 Å². The molecule has 4 amide bonds. The first-order valence-corrected chi connectivity index (χ1v) is 13.3. The number of ether oxygens (including phenoxy) is 1. The van der Waals surface area contributed by atoms with Gasteiger partial charge < -0.3 is 30.3 Å². The molecule has 3 fully saturated rings. The molecular formula is C28H32N4O7. The molecule has 0 aromatic heterocycles. The third-order valence-electron chi connectivity index (χ3n) is 7.78. The molecule has 2 unspecified atom stereocenters. The van der Waals surface area contributed by atoms with Crippen LogP contribution in [0.5, 0.6) is 0 Å². The van der Waals surface area contributed by atoms with Gasteiger partial charge in [0.15, 0.2) is 0 Å². The average Bonchev–Trinajstić information content (AvgIpc) is 3.23. The maximum absolute atomic E-state index is 14.0. The molecule has 3 aliphatic rings. The lowest BCUT2D eigenvalue weighted by molar-refractivity contribution is -0.158. The number of hydrogen-bond acceptors (Lipinski definition) is 7. The largest absolute Gasteiger partial charge is 0.434 e. The molecule has 3 aliphatic heterocycles. The number of carbonyl (C=O) groups excluding carboxylic acids is 5. The Kier molecular flexibility index (Phi) is 7.51. The summed E-state index contributed by atoms with van der Waals surface area (Å²) in [6.07, 6.45) is 0.766. The summed E-state index contributed by atoms with van der Waals surface area (Å²) in [6.45, 7) is 1.66. The molecule has 206 valence electrons. The Morgan fingerprint density at radius 1 is 0.974 bits per heavy atom. The lowest BCUT2D eigenvalue weighted by Crippen LogP contribution is -2.68. The summed E-state index contributed by atoms with van der Waals surface area (Å²) in [6, 6.07) is 9.63. The van der Waals surface area contributed by atoms with Crippen LogP contribution in [0.1, 0.15) is 49.4 Å². The van der Waals surface area contributed by atoms with Crippen molar-refractivity contribution in [3.05, 3.63) is 48.0 Å². The fourth-order valence-corrected chi connectivity index (χ4v) is 5.77. The summed E-state index contributed by atoms with van der Waals surface area (Å²) >= 11 is 0. The minimum absolute atomic E-state index is 0.0367. The zero-order valence-electron chi connectivity index (χ0n) is 21.7. The van der Waals surface area contributed by atoms with Crippen molar-refractivity contribution in [2.45, 2.75) is 69.5 Å². The van der Waals surface area contributed by atoms with Gasteiger partial charge in [-0.3, -0.25) is 24.0 Å². The van der Waals surface area contributed by atoms with Gasteiger partial charge in [0, 0.05) is 19.0 Å². The maximum Gasteiger partial charge on any atom is 0.310 e. The van der Waals surface area contributed by atoms with Gasteiger partial charge in [0.25, 0.3) is 5.91 Å². The van der Waals surface area contributed by atoms with Crippen molar-refractivity contribution in [3.8, 4) is 0 Å². The zero-order chi connectivity index (χ0) is 27.7. The monoisotopic (exact) mass is 536 g/mol. The Balaban J connectivity index is 1.41. The van der Waals surface area contributed by atoms with E-state index in [4.69, 9.17) is 4.74 Å². The second-order valence-electron chi connectivity index (χ2n) is 10.4. The smallest absolute Gasteiger partial charge is 0.310 e. The maximum atomic E-state index is 14.0. The Hall–Kier alpha value is -3.99. The third kappa shape index (κ3) is 5.44. The second-order valence-corrected chi connectivity index (χ2v) is 10.4. The van der Waals surface area contributed by atoms with Crippen molar-refractivity contribution < 1.29 is 33.8 Å². The zero-order valence-corrected chi connectivity index (χ0v) is 21.7. The summed E-state index contributed by atoms with van der Waals surface area (Å²) in [5.74, 6) is -2.23. The molecule has 3 saturated heterocycles. The first-order valence-electron chi connectivity index (χ1n) is 13.3. The lowest BCUT2D eigenvalue weighted by atomic mass is 9.93. The van der Waals surface area contributed by atoms with Gasteiger partial charge in [-0.2, -0.15) is 0 Å². The summed E-state index contributed by atoms with van der Waals surface area (Å²) in [5.41, 5.74) is 0.454. The van der Waals surface area contributed by atoms with Crippen molar-refractivity contribution in [2.75, 3.05) is 13.1 Å². The number of benzene rings is 2. The number of nitrogens with zero attached hydrogens (tertiary/aromatic N) is 2. The van der Waals surface area contributed by atoms with Gasteiger partial charge in [-0.05, 0) is 29.7 Å². The topological polar surface area (TPSA) is 145 Å². The van der Waals surface area contributed by atoms with E-state index in [0.717, 1.165) is 17.2 Å². The van der Waals surface area contributed by atoms with E-state index >= 15 is 0 Å². The normalized spacial score (nSPS) is 27.3. The molecule has 3 heterocycles. The van der Waals surface area contributed by atoms with Crippen molar-refractivity contribution in [1.29, 1.82) is 0 Å². The van der Waals surface area contributed by atoms with E-state index in [0.29, 0.717) is 24.8 Å². The Labute approximate surface area is 225 Å². The SMILES string of the molecule is CC(=O)N1C[C@@H]2CCCC[C@H](NC(=O)c3cccc4ccccc34)C(=O)N2[C@H](C(=O)NC2CC(=O)OC2O)C1. The van der Waals surface area contributed by atoms with Crippen LogP contribution in [-0.2, 0) is 23.9 Å². The molecule has 11 nitrogen and oxygen atoms in total. The predicted molar refractivity (Wildman–Crippen MR) is 139 cm³/mol. The highest BCUT2D eigenvalue weighted by molar-refractivity contribution is 6.08. The summed E-state index contributed by atoms with van der Waals surface area (Å²) < 4.78 is 4.73. The highest BCUT2D eigenvalue weighted by atomic mass is 16.6. The molecule has 2 aromatic rings. The van der Waals surface area contributed by atoms with Crippen LogP contribution in [0.2, 0.25) is 0 Å². The van der Waals surface area contributed by atoms with E-state index in [1.54, 1.807) is 12.1 Å². The van der Waals surface area contributed by atoms with Crippen molar-refractivity contribution in [3.63, 3.8) is 0 Å². The molecule has 0 bridgehead atoms. The Morgan fingerprint density at radius 2 is 1.72 bits per heavy atom. The Morgan fingerprint density at radius 3 is 2.46 bits per heavy atom. The molecular weight excluding hydrogens is 504 g/mol. The molecule has 3 N–H and O–H groups in total. The summed E-state index contributed by atoms with van der Waals surface area (Å²) in [4.78, 5) is 67.8. The Bertz CT molecular complexity index is 1310. The van der Waals surface area contributed by atoms with E-state index in [1.165, 1.54) is 16.7 Å². The van der Waals surface area contributed by atoms with Crippen LogP contribution in [0.4, 0.5) is 0 Å². The number of amides is 4. The van der Waals surface area contributed by atoms with Gasteiger partial charge in [-0.25, -0.2) is 0 Å². The standard InChI is InChI=1S/C28H32N4O7/c1-16(33)31-14-18-9-3-5-12-21(29-25(35)20-11-6-8-17-7-2-4-10-19(17)20)27(37)32(18)23(15-31)26(36)30-22-13-24(34)39-28(22)38/h2,4,6-8,10-11,18,21-23,28,38H,3,5,9,12-15H2,1H3,(H,29,35)(H,30,36)/t18-,21-,22?,23-,28?/m0/s1. The average molecular weight is 537 g/mol. The van der Waals surface area contributed by atoms with Crippen LogP contribution in [0.25, 0.3) is 10.8 Å². The highest BCUT2D eigenvalue weighted by Crippen LogP contribution is 2.27. The quantitative estimate of drug-likeness (QED) is 0.488. The molecule has 5 rings (SSSR count). The van der Waals surface area contributed by atoms with Crippen molar-refractivity contribution >= 4 is 40.4 Å². The van der Waals surface area contributed by atoms with Crippen LogP contribution < -0.4 is 10.6 Å². The molecule has 11 heteroatoms. The number of nitrogens with one attached hydrogen (secondary N) is 2. The lowest BCUT2D eigenvalue weighted by Gasteiger charge is -2.48. The number of aliphatic hydroxyl groups is 1. The van der Waals surface area contributed by atoms with E-state index in [-0.39, 0.29) is 31.3 Å². The second kappa shape index (κ2) is 11.0. The van der Waals surface area contributed by atoms with Gasteiger partial charge >= 0.3 is 5.97 Å². The first kappa shape index (κ1) is 26.6. The van der Waals surface area contributed by atoms with Crippen LogP contribution in [0.15, 0.2) is 42.5 Å². The number of carbonyl (C=O) groups is 5. The first-order chi connectivity index (χ1) is 18.7. The number of esters is 1. The van der Waals surface area contributed by atoms with Crippen molar-refractivity contribution in [2.24, 2.45) is 0 Å². The molecule has 0 spiro atoms. The number of piperazine rings is 1. The number of aliphatic hydroxyl groups excluding tert-OH is 1. The molecule has 5 atom stereocenters. The van der Waals surface area contributed by atoms with Crippen LogP contribution >= 0.6 is 0 Å². The van der Waals surface area contributed by atoms with Gasteiger partial charge in [0.05, 0.1) is 19.0 Å². The van der Waals surface area contributed by atoms with E-state index in [1.807, 2.05) is 30.3 Å². The summed E-state index contributed by atoms with van der Waals surface area (Å²) in [7, 11) is 0.